The molecule has 316 valence electrons. The highest BCUT2D eigenvalue weighted by Gasteiger charge is 2.62. The molecule has 3 fully saturated rings. The number of ether oxygens (including phenoxy) is 2. The van der Waals surface area contributed by atoms with E-state index in [0.717, 1.165) is 17.4 Å². The molecule has 14 nitrogen and oxygen atoms in total. The van der Waals surface area contributed by atoms with Gasteiger partial charge in [-0.05, 0) is 101 Å². The Hall–Kier alpha value is -5.18. The SMILES string of the molecule is COc1ccc2c(O[C@@H]3C[C@H]4C(=O)N[C@]5(C(=O)NS(=O)(=O)C6CC6)C[C@H]5/C=C\CC[C@@H](C)C[C@@H](C)[C@H](N(C(=O)O)C(C)(C)C)C(=O)N4C3)nc(-c3ccccc3)cc2c1. The lowest BCUT2D eigenvalue weighted by Crippen LogP contribution is -2.62. The highest BCUT2D eigenvalue weighted by Crippen LogP contribution is 2.46. The Labute approximate surface area is 345 Å². The molecule has 3 N–H and O–H groups in total. The highest BCUT2D eigenvalue weighted by atomic mass is 32.2. The molecule has 2 saturated carbocycles. The van der Waals surface area contributed by atoms with Gasteiger partial charge in [0.1, 0.15) is 29.5 Å². The number of fused-ring (bicyclic) bond motifs is 3. The van der Waals surface area contributed by atoms with Crippen molar-refractivity contribution in [2.45, 2.75) is 114 Å². The average molecular weight is 830 g/mol. The molecule has 0 unspecified atom stereocenters. The van der Waals surface area contributed by atoms with Crippen molar-refractivity contribution in [1.29, 1.82) is 0 Å². The maximum atomic E-state index is 15.2. The Morgan fingerprint density at radius 2 is 1.76 bits per heavy atom. The van der Waals surface area contributed by atoms with Crippen LogP contribution < -0.4 is 19.5 Å². The molecule has 2 aliphatic heterocycles. The molecular weight excluding hydrogens is 775 g/mol. The van der Waals surface area contributed by atoms with E-state index >= 15 is 4.79 Å². The number of sulfonamides is 1. The molecule has 0 spiro atoms. The van der Waals surface area contributed by atoms with Crippen LogP contribution in [0.3, 0.4) is 0 Å². The van der Waals surface area contributed by atoms with E-state index in [1.165, 1.54) is 9.80 Å². The molecule has 15 heteroatoms. The molecule has 4 amide bonds. The van der Waals surface area contributed by atoms with Crippen LogP contribution in [0.25, 0.3) is 22.0 Å². The van der Waals surface area contributed by atoms with Crippen LogP contribution in [0.2, 0.25) is 0 Å². The molecule has 1 aromatic heterocycles. The lowest BCUT2D eigenvalue weighted by atomic mass is 9.85. The van der Waals surface area contributed by atoms with Crippen molar-refractivity contribution in [2.75, 3.05) is 13.7 Å². The maximum Gasteiger partial charge on any atom is 0.408 e. The Bertz CT molecular complexity index is 2260. The molecule has 0 radical (unpaired) electrons. The third kappa shape index (κ3) is 8.76. The van der Waals surface area contributed by atoms with Gasteiger partial charge in [0.15, 0.2) is 0 Å². The summed E-state index contributed by atoms with van der Waals surface area (Å²) in [6.07, 6.45) is 4.77. The molecule has 7 rings (SSSR count). The second-order valence-electron chi connectivity index (χ2n) is 17.8. The van der Waals surface area contributed by atoms with Crippen LogP contribution in [-0.2, 0) is 24.4 Å². The summed E-state index contributed by atoms with van der Waals surface area (Å²) in [6.45, 7) is 9.07. The lowest BCUT2D eigenvalue weighted by molar-refractivity contribution is -0.146. The van der Waals surface area contributed by atoms with Crippen molar-refractivity contribution < 1.29 is 42.2 Å². The zero-order valence-electron chi connectivity index (χ0n) is 34.5. The summed E-state index contributed by atoms with van der Waals surface area (Å²) in [6, 6.07) is 14.7. The number of benzene rings is 2. The van der Waals surface area contributed by atoms with E-state index in [9.17, 15) is 27.9 Å². The number of carboxylic acid groups (broad SMARTS) is 1. The van der Waals surface area contributed by atoms with Crippen LogP contribution in [0.5, 0.6) is 11.6 Å². The molecule has 59 heavy (non-hydrogen) atoms. The first-order valence-corrected chi connectivity index (χ1v) is 22.0. The summed E-state index contributed by atoms with van der Waals surface area (Å²) >= 11 is 0. The van der Waals surface area contributed by atoms with Gasteiger partial charge in [-0.1, -0.05) is 56.3 Å². The van der Waals surface area contributed by atoms with Crippen LogP contribution in [0.1, 0.15) is 79.6 Å². The van der Waals surface area contributed by atoms with Gasteiger partial charge in [0.05, 0.1) is 24.6 Å². The number of hydrogen-bond acceptors (Lipinski definition) is 9. The Morgan fingerprint density at radius 1 is 1.03 bits per heavy atom. The first-order valence-electron chi connectivity index (χ1n) is 20.5. The van der Waals surface area contributed by atoms with Crippen molar-refractivity contribution in [3.8, 4) is 22.9 Å². The maximum absolute atomic E-state index is 15.2. The van der Waals surface area contributed by atoms with Crippen LogP contribution in [0, 0.1) is 17.8 Å². The number of nitrogens with one attached hydrogen (secondary N) is 2. The average Bonchev–Trinajstić information content (AvgIpc) is 4.11. The Morgan fingerprint density at radius 3 is 2.42 bits per heavy atom. The fourth-order valence-corrected chi connectivity index (χ4v) is 10.2. The molecular formula is C44H55N5O9S. The minimum Gasteiger partial charge on any atom is -0.497 e. The summed E-state index contributed by atoms with van der Waals surface area (Å²) in [5, 5.41) is 14.4. The van der Waals surface area contributed by atoms with Crippen molar-refractivity contribution in [3.05, 3.63) is 66.7 Å². The van der Waals surface area contributed by atoms with Crippen LogP contribution in [0.15, 0.2) is 66.7 Å². The smallest absolute Gasteiger partial charge is 0.408 e. The van der Waals surface area contributed by atoms with Crippen molar-refractivity contribution in [2.24, 2.45) is 17.8 Å². The molecule has 2 aromatic carbocycles. The second-order valence-corrected chi connectivity index (χ2v) is 19.7. The van der Waals surface area contributed by atoms with E-state index in [4.69, 9.17) is 14.5 Å². The number of nitrogens with zero attached hydrogens (tertiary/aromatic N) is 3. The van der Waals surface area contributed by atoms with Crippen molar-refractivity contribution in [3.63, 3.8) is 0 Å². The number of aromatic nitrogens is 1. The number of pyridine rings is 1. The monoisotopic (exact) mass is 829 g/mol. The van der Waals surface area contributed by atoms with Gasteiger partial charge in [0.25, 0.3) is 5.91 Å². The third-order valence-electron chi connectivity index (χ3n) is 12.1. The van der Waals surface area contributed by atoms with Crippen molar-refractivity contribution in [1.82, 2.24) is 24.8 Å². The number of amides is 4. The van der Waals surface area contributed by atoms with Gasteiger partial charge in [0.2, 0.25) is 27.7 Å². The Kier molecular flexibility index (Phi) is 11.5. The van der Waals surface area contributed by atoms with E-state index in [2.05, 4.69) is 17.0 Å². The molecule has 3 aromatic rings. The van der Waals surface area contributed by atoms with Crippen molar-refractivity contribution >= 4 is 44.6 Å². The number of carbonyl (C=O) groups excluding carboxylic acids is 3. The standard InChI is InChI=1S/C44H55N5O9S/c1-26-12-10-11-15-30-24-44(30,41(52)47-59(55,56)33-17-18-33)46-38(50)36-23-32(25-48(36)40(51)37(27(2)20-26)49(42(53)54)43(3,4)5)58-39-34-19-16-31(57-6)21-29(34)22-35(45-39)28-13-8-7-9-14-28/h7-9,11,13-16,19,21-22,26-27,30,32-33,36-37H,10,12,17-18,20,23-25H2,1-6H3,(H,46,50)(H,47,52)(H,53,54)/b15-11-/t26-,27-,30-,32-,36+,37+,44-/m1/s1. The summed E-state index contributed by atoms with van der Waals surface area (Å²) in [5.41, 5.74) is -1.06. The normalized spacial score (nSPS) is 28.3. The van der Waals surface area contributed by atoms with Gasteiger partial charge >= 0.3 is 6.09 Å². The van der Waals surface area contributed by atoms with E-state index in [-0.39, 0.29) is 31.2 Å². The number of carbonyl (C=O) groups is 4. The topological polar surface area (TPSA) is 185 Å². The van der Waals surface area contributed by atoms with E-state index in [0.29, 0.717) is 42.5 Å². The van der Waals surface area contributed by atoms with Crippen LogP contribution in [0.4, 0.5) is 4.79 Å². The summed E-state index contributed by atoms with van der Waals surface area (Å²) in [7, 11) is -2.35. The van der Waals surface area contributed by atoms with E-state index in [1.54, 1.807) is 33.9 Å². The second kappa shape index (κ2) is 16.1. The summed E-state index contributed by atoms with van der Waals surface area (Å²) in [5.74, 6) is -1.92. The number of hydrogen-bond donors (Lipinski definition) is 3. The minimum absolute atomic E-state index is 0.00879. The first-order chi connectivity index (χ1) is 27.9. The molecule has 0 bridgehead atoms. The number of rotatable bonds is 8. The lowest BCUT2D eigenvalue weighted by Gasteiger charge is -2.43. The van der Waals surface area contributed by atoms with Gasteiger partial charge in [-0.15, -0.1) is 0 Å². The zero-order chi connectivity index (χ0) is 42.4. The van der Waals surface area contributed by atoms with Gasteiger partial charge in [-0.3, -0.25) is 24.0 Å². The van der Waals surface area contributed by atoms with Crippen LogP contribution >= 0.6 is 0 Å². The number of methoxy groups -OCH3 is 1. The molecule has 2 aliphatic carbocycles. The predicted molar refractivity (Wildman–Crippen MR) is 222 cm³/mol. The van der Waals surface area contributed by atoms with E-state index < -0.39 is 80.2 Å². The van der Waals surface area contributed by atoms with Crippen LogP contribution in [-0.4, -0.2) is 100 Å². The highest BCUT2D eigenvalue weighted by molar-refractivity contribution is 7.91. The number of allylic oxidation sites excluding steroid dienone is 1. The predicted octanol–water partition coefficient (Wildman–Crippen LogP) is 5.90. The summed E-state index contributed by atoms with van der Waals surface area (Å²) < 4.78 is 40.4. The van der Waals surface area contributed by atoms with Gasteiger partial charge < -0.3 is 24.8 Å². The van der Waals surface area contributed by atoms with Gasteiger partial charge in [-0.2, -0.15) is 0 Å². The third-order valence-corrected chi connectivity index (χ3v) is 14.0. The fraction of sp³-hybridized carbons (Fsp3) is 0.523. The largest absolute Gasteiger partial charge is 0.497 e. The molecule has 3 heterocycles. The molecule has 4 aliphatic rings. The quantitative estimate of drug-likeness (QED) is 0.231. The minimum atomic E-state index is -3.93. The van der Waals surface area contributed by atoms with Gasteiger partial charge in [0, 0.05) is 28.8 Å². The first kappa shape index (κ1) is 42.0. The molecule has 7 atom stereocenters. The van der Waals surface area contributed by atoms with E-state index in [1.807, 2.05) is 67.6 Å². The Balaban J connectivity index is 1.29. The summed E-state index contributed by atoms with van der Waals surface area (Å²) in [4.78, 5) is 64.4. The molecule has 1 saturated heterocycles. The van der Waals surface area contributed by atoms with Gasteiger partial charge in [-0.25, -0.2) is 18.2 Å². The fourth-order valence-electron chi connectivity index (χ4n) is 8.80. The zero-order valence-corrected chi connectivity index (χ0v) is 35.3.